The fourth-order valence-electron chi connectivity index (χ4n) is 3.43. The lowest BCUT2D eigenvalue weighted by molar-refractivity contribution is 0.0949. The number of hydrogen-bond acceptors (Lipinski definition) is 5. The van der Waals surface area contributed by atoms with Crippen molar-refractivity contribution in [2.24, 2.45) is 0 Å². The number of anilines is 1. The Morgan fingerprint density at radius 2 is 1.38 bits per heavy atom. The Morgan fingerprint density at radius 1 is 0.828 bits per heavy atom. The Labute approximate surface area is 171 Å². The summed E-state index contributed by atoms with van der Waals surface area (Å²) in [6, 6.07) is 13.3. The van der Waals surface area contributed by atoms with E-state index in [0.717, 1.165) is 12.0 Å². The number of hydrogen-bond donors (Lipinski definition) is 1. The predicted octanol–water partition coefficient (Wildman–Crippen LogP) is 3.62. The van der Waals surface area contributed by atoms with Gasteiger partial charge in [-0.25, -0.2) is 8.42 Å². The Kier molecular flexibility index (Phi) is 5.88. The summed E-state index contributed by atoms with van der Waals surface area (Å²) in [5.74, 6) is -1.12. The molecule has 0 aromatic heterocycles. The molecule has 0 unspecified atom stereocenters. The van der Waals surface area contributed by atoms with Gasteiger partial charge < -0.3 is 4.90 Å². The molecule has 0 fully saturated rings. The van der Waals surface area contributed by atoms with Crippen LogP contribution in [0.4, 0.5) is 5.69 Å². The highest BCUT2D eigenvalue weighted by Gasteiger charge is 2.40. The zero-order valence-corrected chi connectivity index (χ0v) is 17.5. The van der Waals surface area contributed by atoms with E-state index in [-0.39, 0.29) is 16.8 Å². The fourth-order valence-corrected chi connectivity index (χ4v) is 4.81. The third-order valence-electron chi connectivity index (χ3n) is 5.02. The molecule has 0 amide bonds. The molecule has 1 N–H and O–H groups in total. The highest BCUT2D eigenvalue weighted by atomic mass is 32.2. The number of carbonyl (C=O) groups is 2. The van der Waals surface area contributed by atoms with Crippen molar-refractivity contribution >= 4 is 27.3 Å². The minimum absolute atomic E-state index is 0.0728. The highest BCUT2D eigenvalue weighted by Crippen LogP contribution is 2.32. The van der Waals surface area contributed by atoms with E-state index in [1.54, 1.807) is 35.2 Å². The molecule has 0 spiro atoms. The normalized spacial score (nSPS) is 14.0. The van der Waals surface area contributed by atoms with Gasteiger partial charge in [-0.05, 0) is 38.0 Å². The number of nitrogens with zero attached hydrogens (tertiary/aromatic N) is 1. The van der Waals surface area contributed by atoms with Gasteiger partial charge in [-0.1, -0.05) is 43.3 Å². The molecule has 2 aromatic rings. The second-order valence-electron chi connectivity index (χ2n) is 6.71. The Balaban J connectivity index is 2.16. The van der Waals surface area contributed by atoms with Crippen LogP contribution in [0.25, 0.3) is 0 Å². The predicted molar refractivity (Wildman–Crippen MR) is 113 cm³/mol. The maximum absolute atomic E-state index is 13.3. The largest absolute Gasteiger partial charge is 0.368 e. The first-order valence-corrected chi connectivity index (χ1v) is 11.1. The monoisotopic (exact) mass is 412 g/mol. The first kappa shape index (κ1) is 20.8. The zero-order chi connectivity index (χ0) is 21.2. The van der Waals surface area contributed by atoms with Gasteiger partial charge in [0.2, 0.25) is 11.6 Å². The lowest BCUT2D eigenvalue weighted by atomic mass is 9.92. The molecule has 0 aliphatic heterocycles. The van der Waals surface area contributed by atoms with Crippen molar-refractivity contribution in [2.75, 3.05) is 17.8 Å². The van der Waals surface area contributed by atoms with Crippen molar-refractivity contribution in [3.8, 4) is 0 Å². The molecule has 7 heteroatoms. The van der Waals surface area contributed by atoms with E-state index in [1.165, 1.54) is 6.07 Å². The summed E-state index contributed by atoms with van der Waals surface area (Å²) >= 11 is 0. The molecule has 0 saturated carbocycles. The van der Waals surface area contributed by atoms with Gasteiger partial charge in [-0.15, -0.1) is 0 Å². The van der Waals surface area contributed by atoms with E-state index in [2.05, 4.69) is 4.72 Å². The molecule has 6 nitrogen and oxygen atoms in total. The van der Waals surface area contributed by atoms with Crippen molar-refractivity contribution in [3.63, 3.8) is 0 Å². The molecule has 1 aliphatic rings. The van der Waals surface area contributed by atoms with Crippen molar-refractivity contribution in [1.29, 1.82) is 0 Å². The number of rotatable bonds is 7. The number of aryl methyl sites for hydroxylation is 1. The molecular weight excluding hydrogens is 388 g/mol. The lowest BCUT2D eigenvalue weighted by Gasteiger charge is -2.29. The second kappa shape index (κ2) is 8.21. The number of fused-ring (bicyclic) bond motifs is 1. The molecular formula is C22H24N2O4S. The summed E-state index contributed by atoms with van der Waals surface area (Å²) in [4.78, 5) is 27.5. The Hall–Kier alpha value is -2.93. The first-order valence-electron chi connectivity index (χ1n) is 9.63. The summed E-state index contributed by atoms with van der Waals surface area (Å²) in [6.45, 7) is 6.43. The number of carbonyl (C=O) groups excluding carboxylic acids is 2. The van der Waals surface area contributed by atoms with E-state index in [0.29, 0.717) is 18.8 Å². The maximum atomic E-state index is 13.3. The van der Waals surface area contributed by atoms with Crippen LogP contribution < -0.4 is 4.72 Å². The summed E-state index contributed by atoms with van der Waals surface area (Å²) in [7, 11) is -4.28. The summed E-state index contributed by atoms with van der Waals surface area (Å²) < 4.78 is 29.0. The molecule has 1 aliphatic carbocycles. The van der Waals surface area contributed by atoms with Crippen LogP contribution in [0.3, 0.4) is 0 Å². The van der Waals surface area contributed by atoms with Crippen LogP contribution in [0.2, 0.25) is 0 Å². The average molecular weight is 413 g/mol. The van der Waals surface area contributed by atoms with Crippen LogP contribution in [0.15, 0.2) is 59.1 Å². The maximum Gasteiger partial charge on any atom is 0.268 e. The van der Waals surface area contributed by atoms with E-state index in [4.69, 9.17) is 0 Å². The van der Waals surface area contributed by atoms with Crippen LogP contribution >= 0.6 is 0 Å². The molecule has 152 valence electrons. The van der Waals surface area contributed by atoms with E-state index >= 15 is 0 Å². The minimum Gasteiger partial charge on any atom is -0.368 e. The molecule has 0 bridgehead atoms. The summed E-state index contributed by atoms with van der Waals surface area (Å²) in [5.41, 5.74) is 1.67. The van der Waals surface area contributed by atoms with Crippen LogP contribution in [0.1, 0.15) is 47.1 Å². The van der Waals surface area contributed by atoms with E-state index in [1.807, 2.05) is 32.9 Å². The van der Waals surface area contributed by atoms with Gasteiger partial charge >= 0.3 is 0 Å². The third kappa shape index (κ3) is 3.82. The van der Waals surface area contributed by atoms with Crippen LogP contribution in [-0.4, -0.2) is 38.0 Å². The minimum atomic E-state index is -4.28. The molecule has 0 heterocycles. The van der Waals surface area contributed by atoms with Crippen LogP contribution in [0.5, 0.6) is 0 Å². The number of benzene rings is 2. The number of nitrogens with one attached hydrogen (secondary N) is 1. The van der Waals surface area contributed by atoms with Gasteiger partial charge in [0.05, 0.1) is 0 Å². The number of sulfonamides is 1. The van der Waals surface area contributed by atoms with Crippen LogP contribution in [0, 0.1) is 0 Å². The molecule has 3 rings (SSSR count). The fraction of sp³-hybridized carbons (Fsp3) is 0.273. The molecule has 0 saturated heterocycles. The van der Waals surface area contributed by atoms with Crippen LogP contribution in [-0.2, 0) is 16.4 Å². The SMILES string of the molecule is CCc1ccc(NS(=O)(=O)C2=C(N(CC)CC)C(=O)c3ccccc3C2=O)cc1. The smallest absolute Gasteiger partial charge is 0.268 e. The highest BCUT2D eigenvalue weighted by molar-refractivity contribution is 7.97. The van der Waals surface area contributed by atoms with E-state index < -0.39 is 26.5 Å². The Morgan fingerprint density at radius 3 is 1.90 bits per heavy atom. The Bertz CT molecular complexity index is 1080. The van der Waals surface area contributed by atoms with Gasteiger partial charge in [-0.2, -0.15) is 0 Å². The first-order chi connectivity index (χ1) is 13.8. The van der Waals surface area contributed by atoms with Gasteiger partial charge in [0.25, 0.3) is 10.0 Å². The molecule has 0 radical (unpaired) electrons. The molecule has 0 atom stereocenters. The lowest BCUT2D eigenvalue weighted by Crippen LogP contribution is -2.37. The number of Topliss-reactive ketones (excluding diaryl/α,β-unsaturated/α-hetero) is 2. The van der Waals surface area contributed by atoms with Crippen molar-refractivity contribution in [2.45, 2.75) is 27.2 Å². The third-order valence-corrected chi connectivity index (χ3v) is 6.44. The standard InChI is InChI=1S/C22H24N2O4S/c1-4-15-11-13-16(14-12-15)23-29(27,28)22-19(24(5-2)6-3)20(25)17-9-7-8-10-18(17)21(22)26/h7-14,23H,4-6H2,1-3H3. The summed E-state index contributed by atoms with van der Waals surface area (Å²) in [5, 5.41) is 0. The number of likely N-dealkylation sites (N-methyl/N-ethyl adjacent to an activating group) is 1. The second-order valence-corrected chi connectivity index (χ2v) is 8.33. The molecule has 29 heavy (non-hydrogen) atoms. The van der Waals surface area contributed by atoms with Gasteiger partial charge in [0, 0.05) is 29.9 Å². The van der Waals surface area contributed by atoms with Gasteiger partial charge in [-0.3, -0.25) is 14.3 Å². The van der Waals surface area contributed by atoms with Gasteiger partial charge in [0.15, 0.2) is 4.91 Å². The quantitative estimate of drug-likeness (QED) is 0.751. The topological polar surface area (TPSA) is 83.6 Å². The van der Waals surface area contributed by atoms with E-state index in [9.17, 15) is 18.0 Å². The van der Waals surface area contributed by atoms with Crippen molar-refractivity contribution in [3.05, 3.63) is 75.8 Å². The number of allylic oxidation sites excluding steroid dienone is 2. The van der Waals surface area contributed by atoms with Crippen molar-refractivity contribution in [1.82, 2.24) is 4.90 Å². The summed E-state index contributed by atoms with van der Waals surface area (Å²) in [6.07, 6.45) is 0.827. The molecule has 2 aromatic carbocycles. The zero-order valence-electron chi connectivity index (χ0n) is 16.7. The average Bonchev–Trinajstić information content (AvgIpc) is 2.72. The van der Waals surface area contributed by atoms with Gasteiger partial charge in [0.1, 0.15) is 5.70 Å². The number of ketones is 2. The van der Waals surface area contributed by atoms with Crippen molar-refractivity contribution < 1.29 is 18.0 Å².